The summed E-state index contributed by atoms with van der Waals surface area (Å²) >= 11 is 0. The van der Waals surface area contributed by atoms with E-state index < -0.39 is 0 Å². The lowest BCUT2D eigenvalue weighted by Gasteiger charge is -2.23. The fraction of sp³-hybridized carbons (Fsp3) is 0.375. The molecule has 0 aliphatic heterocycles. The summed E-state index contributed by atoms with van der Waals surface area (Å²) in [5.41, 5.74) is 1.16. The zero-order valence-corrected chi connectivity index (χ0v) is 10.0. The molecule has 1 saturated carbocycles. The molecule has 1 heteroatoms. The highest BCUT2D eigenvalue weighted by molar-refractivity contribution is 5.85. The highest BCUT2D eigenvalue weighted by Crippen LogP contribution is 2.38. The van der Waals surface area contributed by atoms with Crippen molar-refractivity contribution in [2.24, 2.45) is 0 Å². The Morgan fingerprint density at radius 1 is 0.882 bits per heavy atom. The second-order valence-corrected chi connectivity index (χ2v) is 5.09. The van der Waals surface area contributed by atoms with Crippen LogP contribution in [-0.2, 0) is 0 Å². The van der Waals surface area contributed by atoms with Crippen LogP contribution < -0.4 is 0 Å². The van der Waals surface area contributed by atoms with Gasteiger partial charge in [-0.25, -0.2) is 0 Å². The van der Waals surface area contributed by atoms with Crippen molar-refractivity contribution in [3.8, 4) is 5.75 Å². The molecule has 2 aromatic rings. The molecule has 0 spiro atoms. The van der Waals surface area contributed by atoms with Crippen LogP contribution in [0.25, 0.3) is 10.8 Å². The molecule has 2 aromatic carbocycles. The van der Waals surface area contributed by atoms with Crippen molar-refractivity contribution < 1.29 is 5.11 Å². The zero-order chi connectivity index (χ0) is 11.7. The number of benzene rings is 2. The first kappa shape index (κ1) is 10.6. The fourth-order valence-electron chi connectivity index (χ4n) is 2.99. The van der Waals surface area contributed by atoms with Crippen molar-refractivity contribution >= 4 is 10.8 Å². The van der Waals surface area contributed by atoms with Gasteiger partial charge >= 0.3 is 0 Å². The van der Waals surface area contributed by atoms with Crippen LogP contribution in [0.4, 0.5) is 0 Å². The van der Waals surface area contributed by atoms with Gasteiger partial charge in [-0.15, -0.1) is 0 Å². The Balaban J connectivity index is 2.06. The highest BCUT2D eigenvalue weighted by Gasteiger charge is 2.18. The normalized spacial score (nSPS) is 17.4. The maximum absolute atomic E-state index is 10.2. The fourth-order valence-corrected chi connectivity index (χ4v) is 2.99. The van der Waals surface area contributed by atoms with Crippen LogP contribution >= 0.6 is 0 Å². The van der Waals surface area contributed by atoms with E-state index in [1.807, 2.05) is 12.1 Å². The van der Waals surface area contributed by atoms with Crippen molar-refractivity contribution in [1.82, 2.24) is 0 Å². The molecule has 3 rings (SSSR count). The van der Waals surface area contributed by atoms with E-state index in [9.17, 15) is 5.11 Å². The second kappa shape index (κ2) is 4.40. The first-order valence-electron chi connectivity index (χ1n) is 6.56. The Bertz CT molecular complexity index is 524. The molecule has 0 atom stereocenters. The van der Waals surface area contributed by atoms with Crippen LogP contribution in [-0.4, -0.2) is 5.11 Å². The summed E-state index contributed by atoms with van der Waals surface area (Å²) in [4.78, 5) is 0. The van der Waals surface area contributed by atoms with Crippen LogP contribution in [0.5, 0.6) is 5.75 Å². The Morgan fingerprint density at radius 3 is 2.24 bits per heavy atom. The Morgan fingerprint density at radius 2 is 1.53 bits per heavy atom. The summed E-state index contributed by atoms with van der Waals surface area (Å²) < 4.78 is 0. The molecule has 0 radical (unpaired) electrons. The number of aromatic hydroxyl groups is 1. The van der Waals surface area contributed by atoms with E-state index in [-0.39, 0.29) is 0 Å². The molecule has 1 N–H and O–H groups in total. The van der Waals surface area contributed by atoms with Crippen molar-refractivity contribution in [2.45, 2.75) is 38.0 Å². The van der Waals surface area contributed by atoms with Gasteiger partial charge in [0.25, 0.3) is 0 Å². The van der Waals surface area contributed by atoms with E-state index in [0.29, 0.717) is 11.7 Å². The van der Waals surface area contributed by atoms with Gasteiger partial charge in [-0.3, -0.25) is 0 Å². The molecule has 17 heavy (non-hydrogen) atoms. The van der Waals surface area contributed by atoms with Crippen LogP contribution in [0.1, 0.15) is 43.6 Å². The zero-order valence-electron chi connectivity index (χ0n) is 10.0. The standard InChI is InChI=1S/C16H18O/c17-16-11-14-9-5-4-8-13(14)10-15(16)12-6-2-1-3-7-12/h4-5,8-12,17H,1-3,6-7H2. The van der Waals surface area contributed by atoms with Crippen molar-refractivity contribution in [2.75, 3.05) is 0 Å². The minimum absolute atomic E-state index is 0.482. The van der Waals surface area contributed by atoms with Crippen LogP contribution in [0, 0.1) is 0 Å². The van der Waals surface area contributed by atoms with Gasteiger partial charge in [-0.05, 0) is 47.2 Å². The summed E-state index contributed by atoms with van der Waals surface area (Å²) in [5, 5.41) is 12.5. The van der Waals surface area contributed by atoms with Gasteiger partial charge in [-0.1, -0.05) is 43.5 Å². The lowest BCUT2D eigenvalue weighted by Crippen LogP contribution is -2.04. The van der Waals surface area contributed by atoms with Gasteiger partial charge in [-0.2, -0.15) is 0 Å². The molecule has 0 saturated heterocycles. The lowest BCUT2D eigenvalue weighted by molar-refractivity contribution is 0.415. The summed E-state index contributed by atoms with van der Waals surface area (Å²) in [5.74, 6) is 1.05. The van der Waals surface area contributed by atoms with Gasteiger partial charge < -0.3 is 5.11 Å². The van der Waals surface area contributed by atoms with E-state index in [1.165, 1.54) is 37.5 Å². The van der Waals surface area contributed by atoms with E-state index in [0.717, 1.165) is 10.9 Å². The average Bonchev–Trinajstić information content (AvgIpc) is 2.39. The molecule has 1 fully saturated rings. The Hall–Kier alpha value is -1.50. The molecule has 1 nitrogen and oxygen atoms in total. The van der Waals surface area contributed by atoms with E-state index >= 15 is 0 Å². The van der Waals surface area contributed by atoms with Crippen LogP contribution in [0.15, 0.2) is 36.4 Å². The van der Waals surface area contributed by atoms with Crippen molar-refractivity contribution in [3.05, 3.63) is 42.0 Å². The molecule has 0 amide bonds. The Labute approximate surface area is 102 Å². The predicted octanol–water partition coefficient (Wildman–Crippen LogP) is 4.59. The van der Waals surface area contributed by atoms with E-state index in [2.05, 4.69) is 24.3 Å². The number of phenolic OH excluding ortho intramolecular Hbond substituents is 1. The molecule has 0 bridgehead atoms. The number of rotatable bonds is 1. The van der Waals surface area contributed by atoms with Gasteiger partial charge in [0.2, 0.25) is 0 Å². The maximum atomic E-state index is 10.2. The summed E-state index contributed by atoms with van der Waals surface area (Å²) in [6, 6.07) is 12.4. The highest BCUT2D eigenvalue weighted by atomic mass is 16.3. The van der Waals surface area contributed by atoms with Gasteiger partial charge in [0.15, 0.2) is 0 Å². The third kappa shape index (κ3) is 2.02. The monoisotopic (exact) mass is 226 g/mol. The third-order valence-corrected chi connectivity index (χ3v) is 3.94. The molecular weight excluding hydrogens is 208 g/mol. The summed E-state index contributed by atoms with van der Waals surface area (Å²) in [6.45, 7) is 0. The summed E-state index contributed by atoms with van der Waals surface area (Å²) in [7, 11) is 0. The quantitative estimate of drug-likeness (QED) is 0.753. The van der Waals surface area contributed by atoms with Crippen LogP contribution in [0.2, 0.25) is 0 Å². The largest absolute Gasteiger partial charge is 0.508 e. The van der Waals surface area contributed by atoms with Gasteiger partial charge in [0, 0.05) is 0 Å². The maximum Gasteiger partial charge on any atom is 0.119 e. The molecule has 0 unspecified atom stereocenters. The molecule has 1 aliphatic rings. The van der Waals surface area contributed by atoms with E-state index in [4.69, 9.17) is 0 Å². The minimum atomic E-state index is 0.482. The average molecular weight is 226 g/mol. The molecular formula is C16H18O. The second-order valence-electron chi connectivity index (χ2n) is 5.09. The number of hydrogen-bond donors (Lipinski definition) is 1. The third-order valence-electron chi connectivity index (χ3n) is 3.94. The van der Waals surface area contributed by atoms with E-state index in [1.54, 1.807) is 0 Å². The smallest absolute Gasteiger partial charge is 0.119 e. The van der Waals surface area contributed by atoms with Gasteiger partial charge in [0.1, 0.15) is 5.75 Å². The molecule has 88 valence electrons. The topological polar surface area (TPSA) is 20.2 Å². The summed E-state index contributed by atoms with van der Waals surface area (Å²) in [6.07, 6.45) is 6.41. The number of fused-ring (bicyclic) bond motifs is 1. The van der Waals surface area contributed by atoms with Crippen molar-refractivity contribution in [3.63, 3.8) is 0 Å². The lowest BCUT2D eigenvalue weighted by atomic mass is 9.83. The molecule has 0 heterocycles. The van der Waals surface area contributed by atoms with Crippen molar-refractivity contribution in [1.29, 1.82) is 0 Å². The predicted molar refractivity (Wildman–Crippen MR) is 71.4 cm³/mol. The Kier molecular flexibility index (Phi) is 2.76. The van der Waals surface area contributed by atoms with Crippen LogP contribution in [0.3, 0.4) is 0 Å². The molecule has 0 aromatic heterocycles. The number of hydrogen-bond acceptors (Lipinski definition) is 1. The van der Waals surface area contributed by atoms with Gasteiger partial charge in [0.05, 0.1) is 0 Å². The minimum Gasteiger partial charge on any atom is -0.508 e. The first-order chi connectivity index (χ1) is 8.34. The first-order valence-corrected chi connectivity index (χ1v) is 6.56. The number of phenols is 1. The SMILES string of the molecule is Oc1cc2ccccc2cc1C1CCCCC1. The molecule has 1 aliphatic carbocycles.